The average molecular weight is 507 g/mol. The largest absolute Gasteiger partial charge is 0.388 e. The predicted octanol–water partition coefficient (Wildman–Crippen LogP) is 5.77. The maximum absolute atomic E-state index is 5.33. The molecule has 0 aliphatic carbocycles. The van der Waals surface area contributed by atoms with Crippen LogP contribution in [0.1, 0.15) is 121 Å². The molecule has 4 aliphatic heterocycles. The average Bonchev–Trinajstić information content (AvgIpc) is 3.08. The van der Waals surface area contributed by atoms with Gasteiger partial charge in [0.1, 0.15) is 0 Å². The zero-order chi connectivity index (χ0) is 27.1. The molecule has 4 fully saturated rings. The van der Waals surface area contributed by atoms with Gasteiger partial charge in [-0.05, 0) is 121 Å². The summed E-state index contributed by atoms with van der Waals surface area (Å²) in [4.78, 5) is 14.9. The summed E-state index contributed by atoms with van der Waals surface area (Å²) < 4.78 is 0. The molecule has 6 nitrogen and oxygen atoms in total. The van der Waals surface area contributed by atoms with Gasteiger partial charge < -0.3 is 5.73 Å². The van der Waals surface area contributed by atoms with Crippen LogP contribution in [0.15, 0.2) is 4.99 Å². The van der Waals surface area contributed by atoms with Gasteiger partial charge in [-0.2, -0.15) is 0 Å². The summed E-state index contributed by atoms with van der Waals surface area (Å²) in [5.41, 5.74) is 6.01. The van der Waals surface area contributed by atoms with Crippen LogP contribution in [0.5, 0.6) is 0 Å². The molecule has 4 rings (SSSR count). The molecule has 0 aromatic carbocycles. The summed E-state index contributed by atoms with van der Waals surface area (Å²) in [7, 11) is 0. The number of aliphatic imine (C=N–C) groups is 1. The third-order valence-electron chi connectivity index (χ3n) is 7.80. The van der Waals surface area contributed by atoms with Crippen LogP contribution in [0.4, 0.5) is 0 Å². The number of hydrogen-bond donors (Lipinski definition) is 1. The smallest absolute Gasteiger partial charge is 0.0912 e. The number of amidine groups is 1. The maximum Gasteiger partial charge on any atom is 0.0912 e. The van der Waals surface area contributed by atoms with Crippen molar-refractivity contribution >= 4 is 5.84 Å². The monoisotopic (exact) mass is 507 g/mol. The van der Waals surface area contributed by atoms with Gasteiger partial charge in [-0.3, -0.25) is 24.6 Å². The lowest BCUT2D eigenvalue weighted by Crippen LogP contribution is -2.59. The van der Waals surface area contributed by atoms with Crippen LogP contribution in [-0.2, 0) is 0 Å². The van der Waals surface area contributed by atoms with E-state index >= 15 is 0 Å². The molecule has 2 N–H and O–H groups in total. The summed E-state index contributed by atoms with van der Waals surface area (Å²) in [6.45, 7) is 29.9. The fourth-order valence-electron chi connectivity index (χ4n) is 6.47. The van der Waals surface area contributed by atoms with Gasteiger partial charge in [0.05, 0.1) is 23.7 Å². The Morgan fingerprint density at radius 1 is 0.583 bits per heavy atom. The van der Waals surface area contributed by atoms with Crippen molar-refractivity contribution < 1.29 is 0 Å². The number of nitrogens with two attached hydrogens (primary N) is 1. The van der Waals surface area contributed by atoms with Gasteiger partial charge in [0.2, 0.25) is 0 Å². The van der Waals surface area contributed by atoms with Gasteiger partial charge in [0.15, 0.2) is 0 Å². The zero-order valence-corrected chi connectivity index (χ0v) is 25.9. The predicted molar refractivity (Wildman–Crippen MR) is 158 cm³/mol. The Kier molecular flexibility index (Phi) is 11.7. The van der Waals surface area contributed by atoms with E-state index in [1.54, 1.807) is 6.92 Å². The molecule has 0 aromatic heterocycles. The highest BCUT2D eigenvalue weighted by Crippen LogP contribution is 2.31. The molecule has 0 spiro atoms. The molecule has 4 saturated heterocycles. The first-order valence-electron chi connectivity index (χ1n) is 14.9. The molecule has 4 aliphatic rings. The molecule has 36 heavy (non-hydrogen) atoms. The molecule has 0 radical (unpaired) electrons. The van der Waals surface area contributed by atoms with Crippen molar-refractivity contribution in [3.63, 3.8) is 0 Å². The third-order valence-corrected chi connectivity index (χ3v) is 7.80. The van der Waals surface area contributed by atoms with Crippen LogP contribution < -0.4 is 5.73 Å². The van der Waals surface area contributed by atoms with E-state index in [4.69, 9.17) is 5.73 Å². The first-order chi connectivity index (χ1) is 16.6. The Labute approximate surface area is 225 Å². The van der Waals surface area contributed by atoms with Crippen molar-refractivity contribution in [2.24, 2.45) is 10.7 Å². The Morgan fingerprint density at radius 2 is 1.00 bits per heavy atom. The second-order valence-corrected chi connectivity index (χ2v) is 14.4. The van der Waals surface area contributed by atoms with Crippen LogP contribution >= 0.6 is 0 Å². The number of fused-ring (bicyclic) bond motifs is 2. The topological polar surface area (TPSA) is 51.3 Å². The minimum absolute atomic E-state index is 0.0150. The standard InChI is InChI=1S/C13H26N2.C11H22N2.C6H14N2/c1-13(2,3)15-11-7-10-14-9-6-4-5-8-12(14)15;1-11(2,3)13-9-5-8-12-7-4-6-10(12)13;1-5(7)8-6(2,3)4/h12H,4-11H2,1-3H3;10H,4-9H2,1-3H3;1-4H3,(H2,7,8). The van der Waals surface area contributed by atoms with E-state index in [1.165, 1.54) is 90.6 Å². The lowest BCUT2D eigenvalue weighted by molar-refractivity contribution is -0.0478. The van der Waals surface area contributed by atoms with Crippen LogP contribution in [0, 0.1) is 0 Å². The molecule has 6 heteroatoms. The highest BCUT2D eigenvalue weighted by Gasteiger charge is 2.38. The van der Waals surface area contributed by atoms with Crippen molar-refractivity contribution in [3.8, 4) is 0 Å². The van der Waals surface area contributed by atoms with E-state index in [9.17, 15) is 0 Å². The van der Waals surface area contributed by atoms with Crippen molar-refractivity contribution in [1.29, 1.82) is 0 Å². The first-order valence-corrected chi connectivity index (χ1v) is 14.9. The van der Waals surface area contributed by atoms with Gasteiger partial charge in [0, 0.05) is 37.3 Å². The third kappa shape index (κ3) is 10.2. The Morgan fingerprint density at radius 3 is 1.39 bits per heavy atom. The molecular weight excluding hydrogens is 444 g/mol. The van der Waals surface area contributed by atoms with Crippen LogP contribution in [0.2, 0.25) is 0 Å². The van der Waals surface area contributed by atoms with E-state index in [0.717, 1.165) is 12.3 Å². The highest BCUT2D eigenvalue weighted by molar-refractivity contribution is 5.77. The summed E-state index contributed by atoms with van der Waals surface area (Å²) in [6.07, 6.45) is 12.6. The highest BCUT2D eigenvalue weighted by atomic mass is 15.4. The quantitative estimate of drug-likeness (QED) is 0.334. The molecule has 0 saturated carbocycles. The van der Waals surface area contributed by atoms with Crippen molar-refractivity contribution in [2.75, 3.05) is 39.3 Å². The van der Waals surface area contributed by atoms with E-state index in [0.29, 0.717) is 16.9 Å². The van der Waals surface area contributed by atoms with Crippen molar-refractivity contribution in [3.05, 3.63) is 0 Å². The molecular formula is C30H62N6. The summed E-state index contributed by atoms with van der Waals surface area (Å²) in [6, 6.07) is 0. The molecule has 0 bridgehead atoms. The van der Waals surface area contributed by atoms with Gasteiger partial charge >= 0.3 is 0 Å². The molecule has 0 aromatic rings. The summed E-state index contributed by atoms with van der Waals surface area (Å²) in [5.74, 6) is 0.650. The second-order valence-electron chi connectivity index (χ2n) is 14.4. The normalized spacial score (nSPS) is 27.7. The minimum atomic E-state index is -0.0150. The lowest BCUT2D eigenvalue weighted by Gasteiger charge is -2.49. The number of hydrogen-bond acceptors (Lipinski definition) is 5. The van der Waals surface area contributed by atoms with E-state index in [-0.39, 0.29) is 5.54 Å². The first kappa shape index (κ1) is 31.5. The molecule has 2 atom stereocenters. The van der Waals surface area contributed by atoms with Gasteiger partial charge in [-0.25, -0.2) is 0 Å². The summed E-state index contributed by atoms with van der Waals surface area (Å²) >= 11 is 0. The van der Waals surface area contributed by atoms with Gasteiger partial charge in [-0.1, -0.05) is 12.8 Å². The van der Waals surface area contributed by atoms with E-state index in [2.05, 4.69) is 66.1 Å². The fraction of sp³-hybridized carbons (Fsp3) is 0.967. The molecule has 0 amide bonds. The van der Waals surface area contributed by atoms with E-state index in [1.807, 2.05) is 20.8 Å². The molecule has 4 heterocycles. The van der Waals surface area contributed by atoms with Crippen molar-refractivity contribution in [2.45, 2.75) is 150 Å². The lowest BCUT2D eigenvalue weighted by atomic mass is 10.0. The minimum Gasteiger partial charge on any atom is -0.388 e. The van der Waals surface area contributed by atoms with Crippen molar-refractivity contribution in [1.82, 2.24) is 19.6 Å². The van der Waals surface area contributed by atoms with E-state index < -0.39 is 0 Å². The van der Waals surface area contributed by atoms with Crippen LogP contribution in [0.25, 0.3) is 0 Å². The second kappa shape index (κ2) is 13.4. The van der Waals surface area contributed by atoms with Gasteiger partial charge in [0.25, 0.3) is 0 Å². The summed E-state index contributed by atoms with van der Waals surface area (Å²) in [5, 5.41) is 0. The van der Waals surface area contributed by atoms with Crippen LogP contribution in [0.3, 0.4) is 0 Å². The number of nitrogens with zero attached hydrogens (tertiary/aromatic N) is 5. The Bertz CT molecular complexity index is 664. The SMILES string of the molecule is CC(C)(C)N1CCCN2CCCC21.CC(C)(C)N1CCCN2CCCCCC21.CC(N)=NC(C)(C)C. The Hall–Kier alpha value is -0.690. The zero-order valence-electron chi connectivity index (χ0n) is 25.9. The fourth-order valence-corrected chi connectivity index (χ4v) is 6.47. The Balaban J connectivity index is 0.000000200. The molecule has 2 unspecified atom stereocenters. The number of rotatable bonds is 0. The molecule has 212 valence electrons. The van der Waals surface area contributed by atoms with Crippen LogP contribution in [-0.4, -0.2) is 93.7 Å². The maximum atomic E-state index is 5.33. The van der Waals surface area contributed by atoms with Gasteiger partial charge in [-0.15, -0.1) is 0 Å².